The molecule has 0 bridgehead atoms. The highest BCUT2D eigenvalue weighted by molar-refractivity contribution is 7.46. The van der Waals surface area contributed by atoms with E-state index in [2.05, 4.69) is 29.9 Å². The van der Waals surface area contributed by atoms with Gasteiger partial charge in [0.2, 0.25) is 5.95 Å². The van der Waals surface area contributed by atoms with Crippen LogP contribution >= 0.6 is 7.82 Å². The van der Waals surface area contributed by atoms with Crippen LogP contribution in [-0.4, -0.2) is 38.9 Å². The fraction of sp³-hybridized carbons (Fsp3) is 0.0909. The fourth-order valence-corrected chi connectivity index (χ4v) is 4.15. The number of hydrogen-bond acceptors (Lipinski definition) is 10. The number of alkyl halides is 3. The fourth-order valence-electron chi connectivity index (χ4n) is 3.89. The first kappa shape index (κ1) is 27.0. The maximum Gasteiger partial charge on any atom is 0.471 e. The van der Waals surface area contributed by atoms with Crippen LogP contribution in [0, 0.1) is 0 Å². The van der Waals surface area contributed by atoms with Crippen LogP contribution in [0.15, 0.2) is 64.6 Å². The predicted octanol–water partition coefficient (Wildman–Crippen LogP) is 1.92. The van der Waals surface area contributed by atoms with Crippen molar-refractivity contribution in [1.29, 1.82) is 0 Å². The van der Waals surface area contributed by atoms with Crippen LogP contribution in [0.3, 0.4) is 0 Å². The minimum absolute atomic E-state index is 0.0364. The van der Waals surface area contributed by atoms with Crippen molar-refractivity contribution in [3.8, 4) is 16.9 Å². The van der Waals surface area contributed by atoms with Crippen LogP contribution in [0.1, 0.15) is 5.56 Å². The Balaban J connectivity index is 1.87. The smallest absolute Gasteiger partial charge is 0.303 e. The van der Waals surface area contributed by atoms with E-state index in [4.69, 9.17) is 15.6 Å². The topological polar surface area (TPSA) is 200 Å². The molecule has 0 radical (unpaired) electrons. The quantitative estimate of drug-likeness (QED) is 0.0992. The predicted molar refractivity (Wildman–Crippen MR) is 134 cm³/mol. The molecule has 18 heteroatoms. The molecular formula is C22H16F3N8O6P. The Labute approximate surface area is 219 Å². The summed E-state index contributed by atoms with van der Waals surface area (Å²) in [5, 5.41) is -0.289. The maximum atomic E-state index is 13.6. The zero-order valence-electron chi connectivity index (χ0n) is 19.8. The molecule has 14 nitrogen and oxygen atoms in total. The maximum absolute atomic E-state index is 13.6. The Morgan fingerprint density at radius 1 is 1.05 bits per heavy atom. The summed E-state index contributed by atoms with van der Waals surface area (Å²) < 4.78 is 57.4. The largest absolute Gasteiger partial charge is 0.471 e. The third-order valence-electron chi connectivity index (χ3n) is 5.67. The number of hydrazine groups is 1. The number of fused-ring (bicyclic) bond motifs is 3. The standard InChI is InChI=1S/C22H16F3N8O6P/c23-22(24,25)12-2-1-3-13(6-12)33-18-14(19(34)32(21(33)35)10-39-40(36,37)38)9-27-16-5-4-15(30-17(16)18)11-7-28-20(31-26)29-8-11/h1-9H,10,26H2,(H,28,29,31)(H2,36,37,38). The summed E-state index contributed by atoms with van der Waals surface area (Å²) in [5.41, 5.74) is -0.833. The van der Waals surface area contributed by atoms with Crippen LogP contribution in [0.2, 0.25) is 0 Å². The van der Waals surface area contributed by atoms with Gasteiger partial charge in [0.25, 0.3) is 5.56 Å². The first-order chi connectivity index (χ1) is 18.9. The molecule has 0 aliphatic rings. The van der Waals surface area contributed by atoms with E-state index in [0.29, 0.717) is 16.2 Å². The van der Waals surface area contributed by atoms with E-state index in [9.17, 15) is 27.3 Å². The molecule has 0 atom stereocenters. The van der Waals surface area contributed by atoms with Gasteiger partial charge in [-0.05, 0) is 30.3 Å². The summed E-state index contributed by atoms with van der Waals surface area (Å²) in [4.78, 5) is 61.7. The van der Waals surface area contributed by atoms with E-state index in [1.165, 1.54) is 24.5 Å². The Bertz CT molecular complexity index is 1940. The van der Waals surface area contributed by atoms with Crippen molar-refractivity contribution in [2.24, 2.45) is 5.84 Å². The molecule has 1 aromatic carbocycles. The van der Waals surface area contributed by atoms with E-state index in [1.807, 2.05) is 0 Å². The lowest BCUT2D eigenvalue weighted by molar-refractivity contribution is -0.137. The molecule has 4 heterocycles. The van der Waals surface area contributed by atoms with Gasteiger partial charge in [-0.3, -0.25) is 24.3 Å². The molecule has 0 aliphatic carbocycles. The average Bonchev–Trinajstić information content (AvgIpc) is 2.92. The second-order valence-electron chi connectivity index (χ2n) is 8.17. The molecule has 5 aromatic rings. The first-order valence-corrected chi connectivity index (χ1v) is 12.5. The number of halogens is 3. The van der Waals surface area contributed by atoms with Gasteiger partial charge >= 0.3 is 19.7 Å². The van der Waals surface area contributed by atoms with Gasteiger partial charge in [-0.1, -0.05) is 6.07 Å². The lowest BCUT2D eigenvalue weighted by atomic mass is 10.1. The third-order valence-corrected chi connectivity index (χ3v) is 6.12. The first-order valence-electron chi connectivity index (χ1n) is 11.0. The van der Waals surface area contributed by atoms with Gasteiger partial charge in [-0.25, -0.2) is 34.7 Å². The highest BCUT2D eigenvalue weighted by Crippen LogP contribution is 2.36. The molecule has 5 rings (SSSR count). The van der Waals surface area contributed by atoms with Crippen molar-refractivity contribution in [1.82, 2.24) is 29.1 Å². The SMILES string of the molecule is NNc1ncc(-c2ccc3ncc4c(=O)n(COP(=O)(O)O)c(=O)n(-c5cccc(C(F)(F)F)c5)c4c3n2)cn1. The van der Waals surface area contributed by atoms with E-state index in [-0.39, 0.29) is 39.3 Å². The number of nitrogens with zero attached hydrogens (tertiary/aromatic N) is 6. The number of phosphoric ester groups is 1. The van der Waals surface area contributed by atoms with E-state index in [0.717, 1.165) is 22.9 Å². The Morgan fingerprint density at radius 2 is 1.77 bits per heavy atom. The molecule has 0 aliphatic heterocycles. The van der Waals surface area contributed by atoms with Crippen LogP contribution < -0.4 is 22.5 Å². The van der Waals surface area contributed by atoms with E-state index in [1.54, 1.807) is 6.07 Å². The Hall–Kier alpha value is -4.54. The summed E-state index contributed by atoms with van der Waals surface area (Å²) >= 11 is 0. The number of benzene rings is 1. The molecule has 0 fully saturated rings. The number of nitrogens with one attached hydrogen (secondary N) is 1. The third kappa shape index (κ3) is 5.06. The molecule has 0 spiro atoms. The van der Waals surface area contributed by atoms with Gasteiger partial charge in [0.1, 0.15) is 12.2 Å². The summed E-state index contributed by atoms with van der Waals surface area (Å²) in [6.45, 7) is -1.19. The molecule has 0 saturated heterocycles. The second-order valence-corrected chi connectivity index (χ2v) is 9.41. The molecule has 0 unspecified atom stereocenters. The van der Waals surface area contributed by atoms with Crippen LogP contribution in [0.4, 0.5) is 19.1 Å². The summed E-state index contributed by atoms with van der Waals surface area (Å²) in [6.07, 6.45) is -0.918. The zero-order chi connectivity index (χ0) is 28.8. The van der Waals surface area contributed by atoms with Crippen molar-refractivity contribution in [3.05, 3.63) is 81.4 Å². The molecule has 4 aromatic heterocycles. The number of rotatable bonds is 6. The van der Waals surface area contributed by atoms with Crippen LogP contribution in [0.25, 0.3) is 38.9 Å². The lowest BCUT2D eigenvalue weighted by Gasteiger charge is -2.17. The number of anilines is 1. The summed E-state index contributed by atoms with van der Waals surface area (Å²) in [6, 6.07) is 6.79. The molecule has 5 N–H and O–H groups in total. The number of pyridine rings is 2. The normalized spacial score (nSPS) is 12.2. The van der Waals surface area contributed by atoms with Crippen molar-refractivity contribution < 1.29 is 32.0 Å². The highest BCUT2D eigenvalue weighted by atomic mass is 31.2. The highest BCUT2D eigenvalue weighted by Gasteiger charge is 2.31. The molecular weight excluding hydrogens is 560 g/mol. The number of hydrogen-bond donors (Lipinski definition) is 4. The van der Waals surface area contributed by atoms with Crippen LogP contribution in [0.5, 0.6) is 0 Å². The molecule has 0 saturated carbocycles. The molecule has 206 valence electrons. The Kier molecular flexibility index (Phi) is 6.69. The van der Waals surface area contributed by atoms with E-state index < -0.39 is 37.5 Å². The molecule has 40 heavy (non-hydrogen) atoms. The van der Waals surface area contributed by atoms with Gasteiger partial charge in [-0.15, -0.1) is 0 Å². The van der Waals surface area contributed by atoms with Crippen molar-refractivity contribution in [2.45, 2.75) is 12.9 Å². The van der Waals surface area contributed by atoms with Gasteiger partial charge in [0.15, 0.2) is 0 Å². The number of nitrogens with two attached hydrogens (primary N) is 1. The van der Waals surface area contributed by atoms with Crippen molar-refractivity contribution in [2.75, 3.05) is 5.43 Å². The molecule has 0 amide bonds. The number of aromatic nitrogens is 6. The number of phosphoric acid groups is 1. The van der Waals surface area contributed by atoms with Gasteiger partial charge in [-0.2, -0.15) is 13.2 Å². The van der Waals surface area contributed by atoms with Crippen molar-refractivity contribution in [3.63, 3.8) is 0 Å². The summed E-state index contributed by atoms with van der Waals surface area (Å²) in [5.74, 6) is 5.40. The minimum Gasteiger partial charge on any atom is -0.303 e. The lowest BCUT2D eigenvalue weighted by Crippen LogP contribution is -2.40. The van der Waals surface area contributed by atoms with E-state index >= 15 is 0 Å². The summed E-state index contributed by atoms with van der Waals surface area (Å²) in [7, 11) is -5.14. The zero-order valence-corrected chi connectivity index (χ0v) is 20.7. The van der Waals surface area contributed by atoms with Crippen LogP contribution in [-0.2, 0) is 22.0 Å². The van der Waals surface area contributed by atoms with Gasteiger partial charge in [0, 0.05) is 24.2 Å². The van der Waals surface area contributed by atoms with Crippen molar-refractivity contribution >= 4 is 35.7 Å². The average molecular weight is 576 g/mol. The van der Waals surface area contributed by atoms with Gasteiger partial charge in [0.05, 0.1) is 33.4 Å². The monoisotopic (exact) mass is 576 g/mol. The van der Waals surface area contributed by atoms with Gasteiger partial charge < -0.3 is 9.79 Å². The minimum atomic E-state index is -5.14. The second kappa shape index (κ2) is 9.89. The Morgan fingerprint density at radius 3 is 2.42 bits per heavy atom. The number of nitrogen functional groups attached to an aromatic ring is 1.